The molecule has 0 spiro atoms. The third-order valence-corrected chi connectivity index (χ3v) is 2.53. The number of nitro groups is 1. The highest BCUT2D eigenvalue weighted by Gasteiger charge is 2.22. The van der Waals surface area contributed by atoms with Crippen molar-refractivity contribution in [2.75, 3.05) is 11.9 Å². The van der Waals surface area contributed by atoms with Crippen LogP contribution >= 0.6 is 0 Å². The van der Waals surface area contributed by atoms with E-state index < -0.39 is 10.9 Å². The van der Waals surface area contributed by atoms with Crippen LogP contribution in [0, 0.1) is 17.0 Å². The summed E-state index contributed by atoms with van der Waals surface area (Å²) >= 11 is 0. The van der Waals surface area contributed by atoms with Crippen LogP contribution < -0.4 is 4.90 Å². The SMILES string of the molecule is CC(=O)N(C)c1c(C)cc([N+](=O)[O-])cc1C(=O)O. The number of carbonyl (C=O) groups excluding carboxylic acids is 1. The van der Waals surface area contributed by atoms with Gasteiger partial charge in [0.1, 0.15) is 0 Å². The van der Waals surface area contributed by atoms with Gasteiger partial charge in [-0.25, -0.2) is 4.79 Å². The van der Waals surface area contributed by atoms with E-state index in [1.54, 1.807) is 0 Å². The molecule has 0 fully saturated rings. The number of carboxylic acids is 1. The van der Waals surface area contributed by atoms with E-state index in [9.17, 15) is 19.7 Å². The van der Waals surface area contributed by atoms with Gasteiger partial charge in [-0.1, -0.05) is 0 Å². The Hall–Kier alpha value is -2.44. The number of carbonyl (C=O) groups is 2. The van der Waals surface area contributed by atoms with Crippen LogP contribution in [-0.2, 0) is 4.79 Å². The van der Waals surface area contributed by atoms with Crippen molar-refractivity contribution in [1.29, 1.82) is 0 Å². The first-order valence-corrected chi connectivity index (χ1v) is 5.02. The minimum atomic E-state index is -1.31. The quantitative estimate of drug-likeness (QED) is 0.650. The highest BCUT2D eigenvalue weighted by atomic mass is 16.6. The summed E-state index contributed by atoms with van der Waals surface area (Å²) in [7, 11) is 1.42. The molecule has 0 saturated carbocycles. The summed E-state index contributed by atoms with van der Waals surface area (Å²) in [6, 6.07) is 2.19. The number of non-ortho nitro benzene ring substituents is 1. The Balaban J connectivity index is 3.55. The number of aryl methyl sites for hydroxylation is 1. The number of hydrogen-bond donors (Lipinski definition) is 1. The topological polar surface area (TPSA) is 101 Å². The van der Waals surface area contributed by atoms with Crippen LogP contribution in [0.15, 0.2) is 12.1 Å². The molecule has 0 bridgehead atoms. The second-order valence-electron chi connectivity index (χ2n) is 3.80. The molecule has 1 aromatic carbocycles. The molecule has 0 saturated heterocycles. The maximum atomic E-state index is 11.3. The predicted molar refractivity (Wildman–Crippen MR) is 63.9 cm³/mol. The van der Waals surface area contributed by atoms with Gasteiger partial charge in [-0.05, 0) is 12.5 Å². The average Bonchev–Trinajstić information content (AvgIpc) is 2.26. The summed E-state index contributed by atoms with van der Waals surface area (Å²) in [5.74, 6) is -1.67. The molecule has 0 aliphatic carbocycles. The van der Waals surface area contributed by atoms with Gasteiger partial charge in [0.25, 0.3) is 5.69 Å². The first-order chi connectivity index (χ1) is 8.25. The standard InChI is InChI=1S/C11H12N2O5/c1-6-4-8(13(17)18)5-9(11(15)16)10(6)12(3)7(2)14/h4-5H,1-3H3,(H,15,16). The van der Waals surface area contributed by atoms with Crippen molar-refractivity contribution < 1.29 is 19.6 Å². The monoisotopic (exact) mass is 252 g/mol. The van der Waals surface area contributed by atoms with Gasteiger partial charge in [0.2, 0.25) is 5.91 Å². The van der Waals surface area contributed by atoms with Gasteiger partial charge in [-0.3, -0.25) is 14.9 Å². The van der Waals surface area contributed by atoms with Crippen molar-refractivity contribution in [1.82, 2.24) is 0 Å². The van der Waals surface area contributed by atoms with Crippen molar-refractivity contribution in [2.24, 2.45) is 0 Å². The van der Waals surface area contributed by atoms with E-state index in [4.69, 9.17) is 5.11 Å². The van der Waals surface area contributed by atoms with Crippen LogP contribution in [0.5, 0.6) is 0 Å². The van der Waals surface area contributed by atoms with Crippen molar-refractivity contribution >= 4 is 23.3 Å². The summed E-state index contributed by atoms with van der Waals surface area (Å²) in [4.78, 5) is 33.6. The van der Waals surface area contributed by atoms with Gasteiger partial charge in [0.15, 0.2) is 0 Å². The fourth-order valence-electron chi connectivity index (χ4n) is 1.63. The third-order valence-electron chi connectivity index (χ3n) is 2.53. The van der Waals surface area contributed by atoms with E-state index in [1.807, 2.05) is 0 Å². The Morgan fingerprint density at radius 2 is 1.94 bits per heavy atom. The maximum Gasteiger partial charge on any atom is 0.338 e. The van der Waals surface area contributed by atoms with Crippen molar-refractivity contribution in [2.45, 2.75) is 13.8 Å². The summed E-state index contributed by atoms with van der Waals surface area (Å²) in [6.45, 7) is 2.81. The molecule has 96 valence electrons. The Labute approximate surface area is 103 Å². The molecule has 0 unspecified atom stereocenters. The average molecular weight is 252 g/mol. The lowest BCUT2D eigenvalue weighted by atomic mass is 10.1. The van der Waals surface area contributed by atoms with E-state index >= 15 is 0 Å². The third kappa shape index (κ3) is 2.45. The predicted octanol–water partition coefficient (Wildman–Crippen LogP) is 1.58. The number of anilines is 1. The molecule has 7 nitrogen and oxygen atoms in total. The summed E-state index contributed by atoms with van der Waals surface area (Å²) in [6.07, 6.45) is 0. The van der Waals surface area contributed by atoms with Crippen LogP contribution in [0.3, 0.4) is 0 Å². The molecule has 1 rings (SSSR count). The number of amides is 1. The Kier molecular flexibility index (Phi) is 3.65. The fourth-order valence-corrected chi connectivity index (χ4v) is 1.63. The van der Waals surface area contributed by atoms with Crippen LogP contribution in [0.4, 0.5) is 11.4 Å². The molecule has 18 heavy (non-hydrogen) atoms. The highest BCUT2D eigenvalue weighted by Crippen LogP contribution is 2.29. The van der Waals surface area contributed by atoms with E-state index in [0.29, 0.717) is 5.56 Å². The van der Waals surface area contributed by atoms with Gasteiger partial charge in [-0.2, -0.15) is 0 Å². The molecular weight excluding hydrogens is 240 g/mol. The number of carboxylic acid groups (broad SMARTS) is 1. The molecule has 7 heteroatoms. The zero-order valence-corrected chi connectivity index (χ0v) is 10.1. The molecule has 1 aromatic rings. The number of benzene rings is 1. The van der Waals surface area contributed by atoms with Gasteiger partial charge >= 0.3 is 5.97 Å². The van der Waals surface area contributed by atoms with E-state index in [1.165, 1.54) is 27.0 Å². The maximum absolute atomic E-state index is 11.3. The lowest BCUT2D eigenvalue weighted by molar-refractivity contribution is -0.384. The normalized spacial score (nSPS) is 9.94. The van der Waals surface area contributed by atoms with E-state index in [-0.39, 0.29) is 22.8 Å². The molecule has 0 aliphatic heterocycles. The lowest BCUT2D eigenvalue weighted by Crippen LogP contribution is -2.26. The van der Waals surface area contributed by atoms with Gasteiger partial charge in [0.05, 0.1) is 16.2 Å². The molecular formula is C11H12N2O5. The molecule has 1 amide bonds. The van der Waals surface area contributed by atoms with Crippen LogP contribution in [-0.4, -0.2) is 29.0 Å². The molecule has 0 aromatic heterocycles. The summed E-state index contributed by atoms with van der Waals surface area (Å²) in [5.41, 5.74) is -0.0510. The van der Waals surface area contributed by atoms with E-state index in [0.717, 1.165) is 11.0 Å². The smallest absolute Gasteiger partial charge is 0.338 e. The minimum absolute atomic E-state index is 0.167. The number of hydrogen-bond acceptors (Lipinski definition) is 4. The Bertz CT molecular complexity index is 538. The van der Waals surface area contributed by atoms with Gasteiger partial charge in [-0.15, -0.1) is 0 Å². The van der Waals surface area contributed by atoms with Crippen LogP contribution in [0.25, 0.3) is 0 Å². The largest absolute Gasteiger partial charge is 0.478 e. The number of aromatic carboxylic acids is 1. The highest BCUT2D eigenvalue weighted by molar-refractivity contribution is 6.02. The second kappa shape index (κ2) is 4.82. The first-order valence-electron chi connectivity index (χ1n) is 5.02. The Morgan fingerprint density at radius 1 is 1.39 bits per heavy atom. The summed E-state index contributed by atoms with van der Waals surface area (Å²) < 4.78 is 0. The van der Waals surface area contributed by atoms with Gasteiger partial charge in [0, 0.05) is 26.1 Å². The fraction of sp³-hybridized carbons (Fsp3) is 0.273. The lowest BCUT2D eigenvalue weighted by Gasteiger charge is -2.19. The second-order valence-corrected chi connectivity index (χ2v) is 3.80. The van der Waals surface area contributed by atoms with Crippen LogP contribution in [0.2, 0.25) is 0 Å². The molecule has 0 atom stereocenters. The minimum Gasteiger partial charge on any atom is -0.478 e. The van der Waals surface area contributed by atoms with Crippen molar-refractivity contribution in [3.63, 3.8) is 0 Å². The van der Waals surface area contributed by atoms with Crippen LogP contribution in [0.1, 0.15) is 22.8 Å². The zero-order chi connectivity index (χ0) is 14.0. The van der Waals surface area contributed by atoms with E-state index in [2.05, 4.69) is 0 Å². The number of rotatable bonds is 3. The zero-order valence-electron chi connectivity index (χ0n) is 10.1. The Morgan fingerprint density at radius 3 is 2.33 bits per heavy atom. The summed E-state index contributed by atoms with van der Waals surface area (Å²) in [5, 5.41) is 19.7. The van der Waals surface area contributed by atoms with Crippen molar-refractivity contribution in [3.05, 3.63) is 33.4 Å². The number of nitrogens with zero attached hydrogens (tertiary/aromatic N) is 2. The molecule has 0 radical (unpaired) electrons. The molecule has 1 N–H and O–H groups in total. The molecule has 0 heterocycles. The number of nitro benzene ring substituents is 1. The van der Waals surface area contributed by atoms with Crippen molar-refractivity contribution in [3.8, 4) is 0 Å². The first kappa shape index (κ1) is 13.6. The van der Waals surface area contributed by atoms with Gasteiger partial charge < -0.3 is 10.0 Å². The molecule has 0 aliphatic rings.